The van der Waals surface area contributed by atoms with E-state index in [4.69, 9.17) is 11.6 Å². The average Bonchev–Trinajstić information content (AvgIpc) is 2.79. The second-order valence-corrected chi connectivity index (χ2v) is 10.6. The number of carbonyl (C=O) groups excluding carboxylic acids is 1. The summed E-state index contributed by atoms with van der Waals surface area (Å²) in [6.45, 7) is 1.76. The molecule has 0 heterocycles. The van der Waals surface area contributed by atoms with Crippen molar-refractivity contribution in [3.05, 3.63) is 94.8 Å². The SMILES string of the molecule is Cc1ccc(S(=O)(=O)N(CC(=O)NCCSCc2ccccc2F)c2ccccc2Cl)cc1. The standard InChI is InChI=1S/C24H24ClFN2O3S2/c1-18-10-12-20(13-11-18)33(30,31)28(23-9-5-3-7-21(23)25)16-24(29)27-14-15-32-17-19-6-2-4-8-22(19)26/h2-13H,14-17H2,1H3,(H,27,29). The van der Waals surface area contributed by atoms with Crippen LogP contribution < -0.4 is 9.62 Å². The highest BCUT2D eigenvalue weighted by Gasteiger charge is 2.28. The van der Waals surface area contributed by atoms with E-state index in [-0.39, 0.29) is 21.4 Å². The molecule has 3 rings (SSSR count). The number of hydrogen-bond donors (Lipinski definition) is 1. The van der Waals surface area contributed by atoms with Crippen LogP contribution in [0.15, 0.2) is 77.7 Å². The molecule has 0 radical (unpaired) electrons. The predicted octanol–water partition coefficient (Wildman–Crippen LogP) is 5.03. The molecule has 0 spiro atoms. The Bertz CT molecular complexity index is 1200. The number of thioether (sulfide) groups is 1. The van der Waals surface area contributed by atoms with Crippen LogP contribution in [0.1, 0.15) is 11.1 Å². The Kier molecular flexibility index (Phi) is 8.77. The molecule has 1 N–H and O–H groups in total. The van der Waals surface area contributed by atoms with Gasteiger partial charge in [-0.15, -0.1) is 0 Å². The quantitative estimate of drug-likeness (QED) is 0.391. The molecule has 9 heteroatoms. The third-order valence-corrected chi connectivity index (χ3v) is 7.90. The van der Waals surface area contributed by atoms with E-state index in [1.54, 1.807) is 54.6 Å². The van der Waals surface area contributed by atoms with Crippen LogP contribution in [0.2, 0.25) is 5.02 Å². The first kappa shape index (κ1) is 25.1. The zero-order valence-electron chi connectivity index (χ0n) is 18.0. The number of hydrogen-bond acceptors (Lipinski definition) is 4. The number of amides is 1. The Hall–Kier alpha value is -2.55. The predicted molar refractivity (Wildman–Crippen MR) is 133 cm³/mol. The number of nitrogens with one attached hydrogen (secondary N) is 1. The van der Waals surface area contributed by atoms with Crippen molar-refractivity contribution in [2.45, 2.75) is 17.6 Å². The number of carbonyl (C=O) groups is 1. The normalized spacial score (nSPS) is 11.2. The highest BCUT2D eigenvalue weighted by molar-refractivity contribution is 7.98. The molecule has 1 amide bonds. The number of para-hydroxylation sites is 1. The highest BCUT2D eigenvalue weighted by Crippen LogP contribution is 2.30. The fourth-order valence-electron chi connectivity index (χ4n) is 3.04. The van der Waals surface area contributed by atoms with Crippen LogP contribution in [0.4, 0.5) is 10.1 Å². The summed E-state index contributed by atoms with van der Waals surface area (Å²) in [6.07, 6.45) is 0. The maximum Gasteiger partial charge on any atom is 0.264 e. The summed E-state index contributed by atoms with van der Waals surface area (Å²) in [5.41, 5.74) is 1.75. The van der Waals surface area contributed by atoms with Crippen molar-refractivity contribution in [3.63, 3.8) is 0 Å². The maximum atomic E-state index is 13.7. The van der Waals surface area contributed by atoms with Gasteiger partial charge in [0, 0.05) is 18.1 Å². The van der Waals surface area contributed by atoms with Crippen molar-refractivity contribution in [3.8, 4) is 0 Å². The van der Waals surface area contributed by atoms with E-state index >= 15 is 0 Å². The molecule has 0 bridgehead atoms. The summed E-state index contributed by atoms with van der Waals surface area (Å²) in [5, 5.41) is 2.96. The molecule has 5 nitrogen and oxygen atoms in total. The van der Waals surface area contributed by atoms with Crippen molar-refractivity contribution in [1.82, 2.24) is 5.32 Å². The fourth-order valence-corrected chi connectivity index (χ4v) is 5.61. The van der Waals surface area contributed by atoms with Gasteiger partial charge in [-0.25, -0.2) is 12.8 Å². The minimum absolute atomic E-state index is 0.0706. The molecule has 0 aliphatic heterocycles. The summed E-state index contributed by atoms with van der Waals surface area (Å²) in [5.74, 6) is 0.315. The van der Waals surface area contributed by atoms with Crippen LogP contribution in [0, 0.1) is 12.7 Å². The molecule has 0 aromatic heterocycles. The zero-order valence-corrected chi connectivity index (χ0v) is 20.4. The summed E-state index contributed by atoms with van der Waals surface area (Å²) < 4.78 is 41.4. The van der Waals surface area contributed by atoms with E-state index in [1.165, 1.54) is 30.0 Å². The number of anilines is 1. The number of sulfonamides is 1. The summed E-state index contributed by atoms with van der Waals surface area (Å²) in [6, 6.07) is 19.4. The van der Waals surface area contributed by atoms with Gasteiger partial charge in [-0.3, -0.25) is 9.10 Å². The molecule has 3 aromatic rings. The van der Waals surface area contributed by atoms with Crippen molar-refractivity contribution in [1.29, 1.82) is 0 Å². The molecule has 0 aliphatic rings. The first-order chi connectivity index (χ1) is 15.8. The van der Waals surface area contributed by atoms with Gasteiger partial charge in [0.2, 0.25) is 5.91 Å². The van der Waals surface area contributed by atoms with Crippen LogP contribution in [0.25, 0.3) is 0 Å². The van der Waals surface area contributed by atoms with Crippen LogP contribution in [-0.2, 0) is 20.6 Å². The van der Waals surface area contributed by atoms with Gasteiger partial charge in [-0.2, -0.15) is 11.8 Å². The van der Waals surface area contributed by atoms with Gasteiger partial charge in [-0.05, 0) is 42.8 Å². The summed E-state index contributed by atoms with van der Waals surface area (Å²) in [7, 11) is -4.02. The van der Waals surface area contributed by atoms with Gasteiger partial charge in [0.1, 0.15) is 12.4 Å². The van der Waals surface area contributed by atoms with E-state index in [1.807, 2.05) is 6.92 Å². The molecule has 3 aromatic carbocycles. The molecule has 0 fully saturated rings. The lowest BCUT2D eigenvalue weighted by Crippen LogP contribution is -2.41. The van der Waals surface area contributed by atoms with Crippen molar-refractivity contribution in [2.75, 3.05) is 23.1 Å². The molecule has 0 aliphatic carbocycles. The van der Waals surface area contributed by atoms with Crippen LogP contribution >= 0.6 is 23.4 Å². The van der Waals surface area contributed by atoms with Gasteiger partial charge in [0.05, 0.1) is 15.6 Å². The minimum atomic E-state index is -4.02. The second kappa shape index (κ2) is 11.5. The number of benzene rings is 3. The number of nitrogens with zero attached hydrogens (tertiary/aromatic N) is 1. The van der Waals surface area contributed by atoms with Crippen molar-refractivity contribution in [2.24, 2.45) is 0 Å². The Morgan fingerprint density at radius 3 is 2.39 bits per heavy atom. The molecular weight excluding hydrogens is 483 g/mol. The molecule has 174 valence electrons. The van der Waals surface area contributed by atoms with Crippen molar-refractivity contribution >= 4 is 45.0 Å². The largest absolute Gasteiger partial charge is 0.354 e. The van der Waals surface area contributed by atoms with E-state index in [2.05, 4.69) is 5.32 Å². The van der Waals surface area contributed by atoms with Gasteiger partial charge in [0.15, 0.2) is 0 Å². The Balaban J connectivity index is 1.66. The molecular formula is C24H24ClFN2O3S2. The number of rotatable bonds is 10. The van der Waals surface area contributed by atoms with Gasteiger partial charge in [-0.1, -0.05) is 59.6 Å². The topological polar surface area (TPSA) is 66.5 Å². The monoisotopic (exact) mass is 506 g/mol. The van der Waals surface area contributed by atoms with E-state index in [0.717, 1.165) is 9.87 Å². The first-order valence-electron chi connectivity index (χ1n) is 10.2. The first-order valence-corrected chi connectivity index (χ1v) is 13.2. The summed E-state index contributed by atoms with van der Waals surface area (Å²) >= 11 is 7.74. The molecule has 0 atom stereocenters. The van der Waals surface area contributed by atoms with Crippen LogP contribution in [0.5, 0.6) is 0 Å². The third-order valence-electron chi connectivity index (χ3n) is 4.80. The minimum Gasteiger partial charge on any atom is -0.354 e. The Labute approximate surface area is 203 Å². The fraction of sp³-hybridized carbons (Fsp3) is 0.208. The highest BCUT2D eigenvalue weighted by atomic mass is 35.5. The smallest absolute Gasteiger partial charge is 0.264 e. The zero-order chi connectivity index (χ0) is 23.8. The number of halogens is 2. The molecule has 0 saturated heterocycles. The van der Waals surface area contributed by atoms with Crippen LogP contribution in [0.3, 0.4) is 0 Å². The van der Waals surface area contributed by atoms with Crippen LogP contribution in [-0.4, -0.2) is 33.2 Å². The third kappa shape index (κ3) is 6.72. The second-order valence-electron chi connectivity index (χ2n) is 7.27. The maximum absolute atomic E-state index is 13.7. The Morgan fingerprint density at radius 2 is 1.70 bits per heavy atom. The molecule has 33 heavy (non-hydrogen) atoms. The molecule has 0 unspecified atom stereocenters. The lowest BCUT2D eigenvalue weighted by Gasteiger charge is -2.25. The van der Waals surface area contributed by atoms with Gasteiger partial charge >= 0.3 is 0 Å². The Morgan fingerprint density at radius 1 is 1.03 bits per heavy atom. The van der Waals surface area contributed by atoms with Gasteiger partial charge in [0.25, 0.3) is 10.0 Å². The lowest BCUT2D eigenvalue weighted by molar-refractivity contribution is -0.119. The van der Waals surface area contributed by atoms with Gasteiger partial charge < -0.3 is 5.32 Å². The average molecular weight is 507 g/mol. The van der Waals surface area contributed by atoms with E-state index in [0.29, 0.717) is 23.6 Å². The van der Waals surface area contributed by atoms with E-state index in [9.17, 15) is 17.6 Å². The number of aryl methyl sites for hydroxylation is 1. The molecule has 0 saturated carbocycles. The summed E-state index contributed by atoms with van der Waals surface area (Å²) in [4.78, 5) is 12.7. The van der Waals surface area contributed by atoms with E-state index < -0.39 is 22.5 Å². The van der Waals surface area contributed by atoms with Crippen molar-refractivity contribution < 1.29 is 17.6 Å². The lowest BCUT2D eigenvalue weighted by atomic mass is 10.2.